The van der Waals surface area contributed by atoms with Gasteiger partial charge in [-0.2, -0.15) is 0 Å². The molecule has 1 heterocycles. The third kappa shape index (κ3) is 2.17. The van der Waals surface area contributed by atoms with Gasteiger partial charge in [-0.25, -0.2) is 0 Å². The molecule has 1 fully saturated rings. The molecule has 106 valence electrons. The van der Waals surface area contributed by atoms with Crippen LogP contribution < -0.4 is 0 Å². The molecule has 1 unspecified atom stereocenters. The van der Waals surface area contributed by atoms with Crippen molar-refractivity contribution >= 4 is 5.91 Å². The third-order valence-corrected chi connectivity index (χ3v) is 4.68. The number of likely N-dealkylation sites (tertiary alicyclic amines) is 1. The van der Waals surface area contributed by atoms with E-state index in [0.717, 1.165) is 13.0 Å². The summed E-state index contributed by atoms with van der Waals surface area (Å²) in [6, 6.07) is 10.6. The molecule has 1 atom stereocenters. The van der Waals surface area contributed by atoms with Gasteiger partial charge in [0.15, 0.2) is 0 Å². The van der Waals surface area contributed by atoms with E-state index in [1.165, 1.54) is 30.4 Å². The maximum absolute atomic E-state index is 12.4. The van der Waals surface area contributed by atoms with Crippen molar-refractivity contribution in [2.45, 2.75) is 52.1 Å². The maximum atomic E-state index is 12.4. The molecule has 0 bridgehead atoms. The maximum Gasteiger partial charge on any atom is 0.231 e. The van der Waals surface area contributed by atoms with Crippen LogP contribution in [0, 0.1) is 5.41 Å². The van der Waals surface area contributed by atoms with Crippen LogP contribution in [-0.4, -0.2) is 16.8 Å². The molecule has 1 amide bonds. The second-order valence-corrected chi connectivity index (χ2v) is 6.57. The minimum atomic E-state index is -0.224. The van der Waals surface area contributed by atoms with Crippen LogP contribution in [0.1, 0.15) is 45.1 Å². The molecule has 1 aromatic rings. The van der Waals surface area contributed by atoms with Gasteiger partial charge in [-0.15, -0.1) is 0 Å². The molecule has 0 radical (unpaired) electrons. The SMILES string of the molecule is CC1(C)C(=O)N(Cc2ccccc2)C1C1=CCCCC1. The Kier molecular flexibility index (Phi) is 3.41. The number of benzene rings is 1. The lowest BCUT2D eigenvalue weighted by Crippen LogP contribution is -2.66. The highest BCUT2D eigenvalue weighted by atomic mass is 16.2. The van der Waals surface area contributed by atoms with Gasteiger partial charge < -0.3 is 4.90 Å². The number of nitrogens with zero attached hydrogens (tertiary/aromatic N) is 1. The van der Waals surface area contributed by atoms with Crippen LogP contribution in [0.15, 0.2) is 42.0 Å². The van der Waals surface area contributed by atoms with E-state index in [-0.39, 0.29) is 11.3 Å². The largest absolute Gasteiger partial charge is 0.330 e. The van der Waals surface area contributed by atoms with E-state index in [2.05, 4.69) is 37.0 Å². The first-order chi connectivity index (χ1) is 9.60. The van der Waals surface area contributed by atoms with Crippen LogP contribution in [0.3, 0.4) is 0 Å². The molecule has 0 aromatic heterocycles. The number of carbonyl (C=O) groups is 1. The Hall–Kier alpha value is -1.57. The van der Waals surface area contributed by atoms with Crippen molar-refractivity contribution in [2.75, 3.05) is 0 Å². The summed E-state index contributed by atoms with van der Waals surface area (Å²) in [5.74, 6) is 0.290. The summed E-state index contributed by atoms with van der Waals surface area (Å²) in [6.45, 7) is 4.93. The fourth-order valence-electron chi connectivity index (χ4n) is 3.65. The molecule has 2 heteroatoms. The molecule has 0 spiro atoms. The Morgan fingerprint density at radius 2 is 1.95 bits per heavy atom. The van der Waals surface area contributed by atoms with Gasteiger partial charge in [0.05, 0.1) is 11.5 Å². The second kappa shape index (κ2) is 5.08. The molecule has 3 rings (SSSR count). The molecule has 1 aromatic carbocycles. The Bertz CT molecular complexity index is 530. The van der Waals surface area contributed by atoms with Crippen LogP contribution >= 0.6 is 0 Å². The van der Waals surface area contributed by atoms with Gasteiger partial charge in [-0.3, -0.25) is 4.79 Å². The summed E-state index contributed by atoms with van der Waals surface area (Å²) in [5, 5.41) is 0. The molecule has 2 nitrogen and oxygen atoms in total. The zero-order chi connectivity index (χ0) is 14.2. The fourth-order valence-corrected chi connectivity index (χ4v) is 3.65. The molecule has 0 saturated carbocycles. The third-order valence-electron chi connectivity index (χ3n) is 4.68. The summed E-state index contributed by atoms with van der Waals surface area (Å²) < 4.78 is 0. The van der Waals surface area contributed by atoms with E-state index in [1.54, 1.807) is 0 Å². The minimum absolute atomic E-state index is 0.224. The molecule has 1 aliphatic heterocycles. The Labute approximate surface area is 121 Å². The van der Waals surface area contributed by atoms with Gasteiger partial charge >= 0.3 is 0 Å². The van der Waals surface area contributed by atoms with Crippen LogP contribution in [0.4, 0.5) is 0 Å². The van der Waals surface area contributed by atoms with Crippen LogP contribution in [0.2, 0.25) is 0 Å². The molecule has 1 saturated heterocycles. The van der Waals surface area contributed by atoms with Crippen LogP contribution in [-0.2, 0) is 11.3 Å². The first kappa shape index (κ1) is 13.4. The van der Waals surface area contributed by atoms with E-state index in [9.17, 15) is 4.79 Å². The van der Waals surface area contributed by atoms with Crippen LogP contribution in [0.5, 0.6) is 0 Å². The molecule has 20 heavy (non-hydrogen) atoms. The first-order valence-corrected chi connectivity index (χ1v) is 7.64. The quantitative estimate of drug-likeness (QED) is 0.601. The number of allylic oxidation sites excluding steroid dienone is 1. The number of carbonyl (C=O) groups excluding carboxylic acids is 1. The smallest absolute Gasteiger partial charge is 0.231 e. The average molecular weight is 269 g/mol. The summed E-state index contributed by atoms with van der Waals surface area (Å²) in [6.07, 6.45) is 7.28. The fraction of sp³-hybridized carbons (Fsp3) is 0.500. The van der Waals surface area contributed by atoms with Crippen LogP contribution in [0.25, 0.3) is 0 Å². The lowest BCUT2D eigenvalue weighted by atomic mass is 9.68. The summed E-state index contributed by atoms with van der Waals surface area (Å²) in [4.78, 5) is 14.5. The van der Waals surface area contributed by atoms with E-state index >= 15 is 0 Å². The van der Waals surface area contributed by atoms with Crippen molar-refractivity contribution in [1.29, 1.82) is 0 Å². The zero-order valence-electron chi connectivity index (χ0n) is 12.4. The number of rotatable bonds is 3. The standard InChI is InChI=1S/C18H23NO/c1-18(2)16(15-11-7-4-8-12-15)19(17(18)20)13-14-9-5-3-6-10-14/h3,5-6,9-11,16H,4,7-8,12-13H2,1-2H3. The van der Waals surface area contributed by atoms with Crippen molar-refractivity contribution in [3.8, 4) is 0 Å². The van der Waals surface area contributed by atoms with Gasteiger partial charge in [0.25, 0.3) is 0 Å². The molecular formula is C18H23NO. The zero-order valence-corrected chi connectivity index (χ0v) is 12.4. The Balaban J connectivity index is 1.82. The number of hydrogen-bond donors (Lipinski definition) is 0. The van der Waals surface area contributed by atoms with Gasteiger partial charge in [-0.1, -0.05) is 42.0 Å². The first-order valence-electron chi connectivity index (χ1n) is 7.64. The Morgan fingerprint density at radius 1 is 1.20 bits per heavy atom. The lowest BCUT2D eigenvalue weighted by molar-refractivity contribution is -0.166. The van der Waals surface area contributed by atoms with Crippen molar-refractivity contribution < 1.29 is 4.79 Å². The highest BCUT2D eigenvalue weighted by Crippen LogP contribution is 2.45. The predicted octanol–water partition coefficient (Wildman–Crippen LogP) is 3.92. The van der Waals surface area contributed by atoms with Gasteiger partial charge in [0.2, 0.25) is 5.91 Å². The topological polar surface area (TPSA) is 20.3 Å². The number of amides is 1. The minimum Gasteiger partial charge on any atom is -0.330 e. The van der Waals surface area contributed by atoms with Crippen molar-refractivity contribution in [1.82, 2.24) is 4.90 Å². The van der Waals surface area contributed by atoms with E-state index in [1.807, 2.05) is 18.2 Å². The molecule has 2 aliphatic rings. The summed E-state index contributed by atoms with van der Waals surface area (Å²) in [7, 11) is 0. The van der Waals surface area contributed by atoms with Gasteiger partial charge in [0.1, 0.15) is 0 Å². The Morgan fingerprint density at radius 3 is 2.60 bits per heavy atom. The monoisotopic (exact) mass is 269 g/mol. The molecular weight excluding hydrogens is 246 g/mol. The number of hydrogen-bond acceptors (Lipinski definition) is 1. The van der Waals surface area contributed by atoms with Gasteiger partial charge in [-0.05, 0) is 45.1 Å². The lowest BCUT2D eigenvalue weighted by Gasteiger charge is -2.54. The molecule has 1 aliphatic carbocycles. The average Bonchev–Trinajstić information content (AvgIpc) is 2.48. The van der Waals surface area contributed by atoms with E-state index in [0.29, 0.717) is 6.04 Å². The number of β-lactam (4-membered cyclic amide) rings is 1. The van der Waals surface area contributed by atoms with E-state index < -0.39 is 0 Å². The molecule has 0 N–H and O–H groups in total. The van der Waals surface area contributed by atoms with Crippen molar-refractivity contribution in [3.05, 3.63) is 47.5 Å². The van der Waals surface area contributed by atoms with Crippen molar-refractivity contribution in [2.24, 2.45) is 5.41 Å². The highest BCUT2D eigenvalue weighted by molar-refractivity contribution is 5.90. The summed E-state index contributed by atoms with van der Waals surface area (Å²) >= 11 is 0. The second-order valence-electron chi connectivity index (χ2n) is 6.57. The predicted molar refractivity (Wildman–Crippen MR) is 81.1 cm³/mol. The van der Waals surface area contributed by atoms with E-state index in [4.69, 9.17) is 0 Å². The highest BCUT2D eigenvalue weighted by Gasteiger charge is 2.54. The van der Waals surface area contributed by atoms with Gasteiger partial charge in [0, 0.05) is 6.54 Å². The summed E-state index contributed by atoms with van der Waals surface area (Å²) in [5.41, 5.74) is 2.48. The normalized spacial score (nSPS) is 25.1. The van der Waals surface area contributed by atoms with Crippen molar-refractivity contribution in [3.63, 3.8) is 0 Å².